The molecule has 0 saturated heterocycles. The Labute approximate surface area is 73.0 Å². The summed E-state index contributed by atoms with van der Waals surface area (Å²) < 4.78 is 1.90. The van der Waals surface area contributed by atoms with Crippen LogP contribution in [0.2, 0.25) is 0 Å². The third kappa shape index (κ3) is 2.66. The molecule has 0 unspecified atom stereocenters. The molecule has 0 radical (unpaired) electrons. The van der Waals surface area contributed by atoms with E-state index in [4.69, 9.17) is 5.11 Å². The average molecular weight is 168 g/mol. The normalized spacial score (nSPS) is 13.2. The molecule has 68 valence electrons. The van der Waals surface area contributed by atoms with Gasteiger partial charge in [-0.1, -0.05) is 0 Å². The highest BCUT2D eigenvalue weighted by Crippen LogP contribution is 2.03. The predicted molar refractivity (Wildman–Crippen MR) is 47.9 cm³/mol. The van der Waals surface area contributed by atoms with Gasteiger partial charge in [-0.3, -0.25) is 4.68 Å². The van der Waals surface area contributed by atoms with E-state index in [1.807, 2.05) is 24.0 Å². The zero-order valence-electron chi connectivity index (χ0n) is 7.70. The molecule has 1 atom stereocenters. The fourth-order valence-corrected chi connectivity index (χ4v) is 1.08. The summed E-state index contributed by atoms with van der Waals surface area (Å²) >= 11 is 0. The van der Waals surface area contributed by atoms with Crippen LogP contribution in [0.3, 0.4) is 0 Å². The Kier molecular flexibility index (Phi) is 3.29. The highest BCUT2D eigenvalue weighted by atomic mass is 16.3. The van der Waals surface area contributed by atoms with Crippen LogP contribution in [0.5, 0.6) is 0 Å². The number of rotatable bonds is 4. The van der Waals surface area contributed by atoms with Gasteiger partial charge in [0.1, 0.15) is 0 Å². The lowest BCUT2D eigenvalue weighted by molar-refractivity contribution is 0.185. The first kappa shape index (κ1) is 9.26. The molecule has 3 nitrogen and oxygen atoms in total. The molecule has 0 fully saturated rings. The Bertz CT molecular complexity index is 230. The third-order valence-electron chi connectivity index (χ3n) is 1.86. The Balaban J connectivity index is 2.41. The number of aromatic nitrogens is 2. The first-order valence-electron chi connectivity index (χ1n) is 4.41. The first-order chi connectivity index (χ1) is 5.72. The smallest absolute Gasteiger partial charge is 0.0521 e. The van der Waals surface area contributed by atoms with Gasteiger partial charge >= 0.3 is 0 Å². The van der Waals surface area contributed by atoms with Gasteiger partial charge in [0.2, 0.25) is 0 Å². The summed E-state index contributed by atoms with van der Waals surface area (Å²) in [5, 5.41) is 13.2. The van der Waals surface area contributed by atoms with Gasteiger partial charge in [-0.25, -0.2) is 0 Å². The minimum atomic E-state index is -0.213. The van der Waals surface area contributed by atoms with Gasteiger partial charge in [0.05, 0.1) is 12.3 Å². The van der Waals surface area contributed by atoms with E-state index in [9.17, 15) is 0 Å². The molecule has 12 heavy (non-hydrogen) atoms. The van der Waals surface area contributed by atoms with E-state index >= 15 is 0 Å². The first-order valence-corrected chi connectivity index (χ1v) is 4.41. The van der Waals surface area contributed by atoms with Crippen LogP contribution < -0.4 is 0 Å². The molecule has 0 amide bonds. The molecule has 1 heterocycles. The van der Waals surface area contributed by atoms with Crippen LogP contribution in [0.4, 0.5) is 0 Å². The molecule has 0 aliphatic heterocycles. The summed E-state index contributed by atoms with van der Waals surface area (Å²) in [7, 11) is 0. The maximum Gasteiger partial charge on any atom is 0.0521 e. The molecule has 1 N–H and O–H groups in total. The predicted octanol–water partition coefficient (Wildman–Crippen LogP) is 1.22. The van der Waals surface area contributed by atoms with Crippen molar-refractivity contribution in [1.29, 1.82) is 0 Å². The van der Waals surface area contributed by atoms with Crippen molar-refractivity contribution in [2.75, 3.05) is 0 Å². The van der Waals surface area contributed by atoms with Gasteiger partial charge in [0.25, 0.3) is 0 Å². The van der Waals surface area contributed by atoms with Crippen molar-refractivity contribution in [1.82, 2.24) is 9.78 Å². The Hall–Kier alpha value is -0.830. The van der Waals surface area contributed by atoms with E-state index in [1.165, 1.54) is 5.56 Å². The topological polar surface area (TPSA) is 38.0 Å². The van der Waals surface area contributed by atoms with Crippen molar-refractivity contribution >= 4 is 0 Å². The van der Waals surface area contributed by atoms with Crippen molar-refractivity contribution in [3.05, 3.63) is 18.0 Å². The summed E-state index contributed by atoms with van der Waals surface area (Å²) in [6.45, 7) is 4.78. The minimum absolute atomic E-state index is 0.213. The maximum atomic E-state index is 9.05. The van der Waals surface area contributed by atoms with E-state index < -0.39 is 0 Å². The van der Waals surface area contributed by atoms with E-state index in [0.29, 0.717) is 0 Å². The Morgan fingerprint density at radius 2 is 2.42 bits per heavy atom. The van der Waals surface area contributed by atoms with Crippen molar-refractivity contribution in [2.45, 2.75) is 39.3 Å². The van der Waals surface area contributed by atoms with E-state index in [1.54, 1.807) is 0 Å². The molecule has 3 heteroatoms. The molecule has 0 aliphatic carbocycles. The summed E-state index contributed by atoms with van der Waals surface area (Å²) in [6, 6.07) is 0. The summed E-state index contributed by atoms with van der Waals surface area (Å²) in [5.74, 6) is 0. The zero-order chi connectivity index (χ0) is 8.97. The fourth-order valence-electron chi connectivity index (χ4n) is 1.08. The summed E-state index contributed by atoms with van der Waals surface area (Å²) in [4.78, 5) is 0. The number of aliphatic hydroxyl groups excluding tert-OH is 1. The maximum absolute atomic E-state index is 9.05. The van der Waals surface area contributed by atoms with Crippen molar-refractivity contribution in [3.63, 3.8) is 0 Å². The van der Waals surface area contributed by atoms with Gasteiger partial charge in [-0.05, 0) is 32.3 Å². The molecule has 1 aromatic rings. The lowest BCUT2D eigenvalue weighted by atomic mass is 10.1. The molecule has 0 aliphatic rings. The number of nitrogens with zero attached hydrogens (tertiary/aromatic N) is 2. The van der Waals surface area contributed by atoms with Crippen LogP contribution in [0.15, 0.2) is 12.4 Å². The molecular formula is C9H16N2O. The van der Waals surface area contributed by atoms with E-state index in [-0.39, 0.29) is 6.10 Å². The lowest BCUT2D eigenvalue weighted by Crippen LogP contribution is -2.00. The molecule has 0 saturated carbocycles. The zero-order valence-corrected chi connectivity index (χ0v) is 7.70. The van der Waals surface area contributed by atoms with Gasteiger partial charge in [-0.2, -0.15) is 5.10 Å². The van der Waals surface area contributed by atoms with Crippen molar-refractivity contribution in [2.24, 2.45) is 0 Å². The molecule has 0 spiro atoms. The minimum Gasteiger partial charge on any atom is -0.393 e. The summed E-state index contributed by atoms with van der Waals surface area (Å²) in [5.41, 5.74) is 1.21. The summed E-state index contributed by atoms with van der Waals surface area (Å²) in [6.07, 6.45) is 5.41. The highest BCUT2D eigenvalue weighted by molar-refractivity contribution is 5.03. The lowest BCUT2D eigenvalue weighted by Gasteiger charge is -2.00. The van der Waals surface area contributed by atoms with E-state index in [0.717, 1.165) is 19.4 Å². The SMILES string of the molecule is CCn1cc(CC[C@H](C)O)cn1. The van der Waals surface area contributed by atoms with Crippen LogP contribution >= 0.6 is 0 Å². The number of aliphatic hydroxyl groups is 1. The van der Waals surface area contributed by atoms with Gasteiger partial charge in [0, 0.05) is 12.7 Å². The van der Waals surface area contributed by atoms with Crippen LogP contribution in [-0.4, -0.2) is 21.0 Å². The van der Waals surface area contributed by atoms with Crippen molar-refractivity contribution in [3.8, 4) is 0 Å². The van der Waals surface area contributed by atoms with Crippen LogP contribution in [0.25, 0.3) is 0 Å². The number of aryl methyl sites for hydroxylation is 2. The largest absolute Gasteiger partial charge is 0.393 e. The fraction of sp³-hybridized carbons (Fsp3) is 0.667. The second-order valence-corrected chi connectivity index (χ2v) is 3.09. The second kappa shape index (κ2) is 4.26. The Morgan fingerprint density at radius 1 is 1.67 bits per heavy atom. The molecule has 1 rings (SSSR count). The average Bonchev–Trinajstić information content (AvgIpc) is 2.48. The van der Waals surface area contributed by atoms with Crippen LogP contribution in [-0.2, 0) is 13.0 Å². The Morgan fingerprint density at radius 3 is 2.92 bits per heavy atom. The standard InChI is InChI=1S/C9H16N2O/c1-3-11-7-9(6-10-11)5-4-8(2)12/h6-8,12H,3-5H2,1-2H3/t8-/m0/s1. The molecule has 0 aromatic carbocycles. The van der Waals surface area contributed by atoms with Gasteiger partial charge in [0.15, 0.2) is 0 Å². The molecule has 0 bridgehead atoms. The highest BCUT2D eigenvalue weighted by Gasteiger charge is 1.99. The van der Waals surface area contributed by atoms with Crippen LogP contribution in [0, 0.1) is 0 Å². The quantitative estimate of drug-likeness (QED) is 0.734. The second-order valence-electron chi connectivity index (χ2n) is 3.09. The monoisotopic (exact) mass is 168 g/mol. The van der Waals surface area contributed by atoms with Gasteiger partial charge in [-0.15, -0.1) is 0 Å². The van der Waals surface area contributed by atoms with Crippen LogP contribution in [0.1, 0.15) is 25.8 Å². The van der Waals surface area contributed by atoms with Gasteiger partial charge < -0.3 is 5.11 Å². The molecular weight excluding hydrogens is 152 g/mol. The van der Waals surface area contributed by atoms with Crippen molar-refractivity contribution < 1.29 is 5.11 Å². The number of hydrogen-bond acceptors (Lipinski definition) is 2. The third-order valence-corrected chi connectivity index (χ3v) is 1.86. The molecule has 1 aromatic heterocycles. The van der Waals surface area contributed by atoms with E-state index in [2.05, 4.69) is 12.0 Å². The number of hydrogen-bond donors (Lipinski definition) is 1.